The lowest BCUT2D eigenvalue weighted by atomic mass is 9.68. The Balaban J connectivity index is 1.69. The van der Waals surface area contributed by atoms with Crippen LogP contribution >= 0.6 is 11.6 Å². The molecule has 3 nitrogen and oxygen atoms in total. The van der Waals surface area contributed by atoms with Gasteiger partial charge in [-0.05, 0) is 37.2 Å². The number of pyridine rings is 1. The molecule has 0 bridgehead atoms. The van der Waals surface area contributed by atoms with Gasteiger partial charge in [-0.3, -0.25) is 0 Å². The van der Waals surface area contributed by atoms with Crippen molar-refractivity contribution in [2.75, 3.05) is 23.7 Å². The van der Waals surface area contributed by atoms with Crippen molar-refractivity contribution in [1.29, 1.82) is 0 Å². The van der Waals surface area contributed by atoms with Crippen molar-refractivity contribution in [1.82, 2.24) is 4.98 Å². The molecule has 0 atom stereocenters. The first kappa shape index (κ1) is 13.0. The number of nitrogen functional groups attached to an aromatic ring is 1. The molecular weight excluding hydrogens is 258 g/mol. The first-order chi connectivity index (χ1) is 9.19. The Bertz CT molecular complexity index is 445. The number of anilines is 2. The van der Waals surface area contributed by atoms with Gasteiger partial charge in [0.05, 0.1) is 10.7 Å². The quantitative estimate of drug-likeness (QED) is 0.848. The lowest BCUT2D eigenvalue weighted by Gasteiger charge is -2.44. The van der Waals surface area contributed by atoms with E-state index >= 15 is 0 Å². The predicted molar refractivity (Wildman–Crippen MR) is 80.6 cm³/mol. The summed E-state index contributed by atoms with van der Waals surface area (Å²) < 4.78 is 0. The van der Waals surface area contributed by atoms with Gasteiger partial charge in [-0.15, -0.1) is 0 Å². The van der Waals surface area contributed by atoms with Crippen LogP contribution in [-0.4, -0.2) is 18.1 Å². The summed E-state index contributed by atoms with van der Waals surface area (Å²) in [7, 11) is 0. The van der Waals surface area contributed by atoms with Gasteiger partial charge >= 0.3 is 0 Å². The molecule has 1 aliphatic heterocycles. The molecule has 2 N–H and O–H groups in total. The minimum Gasteiger partial charge on any atom is -0.396 e. The maximum absolute atomic E-state index is 6.03. The van der Waals surface area contributed by atoms with Crippen LogP contribution in [0.3, 0.4) is 0 Å². The maximum Gasteiger partial charge on any atom is 0.151 e. The smallest absolute Gasteiger partial charge is 0.151 e. The third-order valence-corrected chi connectivity index (χ3v) is 5.11. The van der Waals surface area contributed by atoms with Crippen molar-refractivity contribution in [2.45, 2.75) is 44.9 Å². The third-order valence-electron chi connectivity index (χ3n) is 4.90. The van der Waals surface area contributed by atoms with Crippen LogP contribution in [0.1, 0.15) is 44.9 Å². The van der Waals surface area contributed by atoms with Gasteiger partial charge in [-0.2, -0.15) is 0 Å². The standard InChI is InChI=1S/C15H22ClN3/c16-12-10-13(17)14(18-11-12)19-8-6-15(7-9-19)4-2-1-3-5-15/h10-11H,1-9,17H2. The number of hydrogen-bond acceptors (Lipinski definition) is 3. The number of nitrogens with two attached hydrogens (primary N) is 1. The minimum atomic E-state index is 0.613. The second kappa shape index (κ2) is 5.20. The van der Waals surface area contributed by atoms with Crippen molar-refractivity contribution in [3.05, 3.63) is 17.3 Å². The Morgan fingerprint density at radius 2 is 1.79 bits per heavy atom. The second-order valence-electron chi connectivity index (χ2n) is 6.11. The van der Waals surface area contributed by atoms with Gasteiger partial charge < -0.3 is 10.6 Å². The molecule has 1 aromatic rings. The summed E-state index contributed by atoms with van der Waals surface area (Å²) in [5, 5.41) is 0.613. The van der Waals surface area contributed by atoms with Crippen LogP contribution in [0.2, 0.25) is 5.02 Å². The van der Waals surface area contributed by atoms with E-state index in [0.29, 0.717) is 16.1 Å². The molecule has 2 heterocycles. The van der Waals surface area contributed by atoms with Crippen LogP contribution < -0.4 is 10.6 Å². The van der Waals surface area contributed by atoms with Crippen molar-refractivity contribution in [2.24, 2.45) is 5.41 Å². The first-order valence-corrected chi connectivity index (χ1v) is 7.72. The van der Waals surface area contributed by atoms with Gasteiger partial charge in [0, 0.05) is 19.3 Å². The summed E-state index contributed by atoms with van der Waals surface area (Å²) in [6, 6.07) is 1.80. The average molecular weight is 280 g/mol. The largest absolute Gasteiger partial charge is 0.396 e. The Morgan fingerprint density at radius 1 is 1.11 bits per heavy atom. The summed E-state index contributed by atoms with van der Waals surface area (Å²) in [5.74, 6) is 0.912. The van der Waals surface area contributed by atoms with E-state index in [2.05, 4.69) is 9.88 Å². The van der Waals surface area contributed by atoms with Gasteiger partial charge in [0.2, 0.25) is 0 Å². The van der Waals surface area contributed by atoms with Gasteiger partial charge in [-0.1, -0.05) is 30.9 Å². The van der Waals surface area contributed by atoms with E-state index in [4.69, 9.17) is 17.3 Å². The topological polar surface area (TPSA) is 42.1 Å². The Hall–Kier alpha value is -0.960. The van der Waals surface area contributed by atoms with Gasteiger partial charge in [0.1, 0.15) is 0 Å². The van der Waals surface area contributed by atoms with E-state index < -0.39 is 0 Å². The number of hydrogen-bond donors (Lipinski definition) is 1. The molecule has 2 aliphatic rings. The summed E-state index contributed by atoms with van der Waals surface area (Å²) in [5.41, 5.74) is 7.36. The number of halogens is 1. The van der Waals surface area contributed by atoms with Crippen LogP contribution in [-0.2, 0) is 0 Å². The molecule has 0 unspecified atom stereocenters. The lowest BCUT2D eigenvalue weighted by molar-refractivity contribution is 0.144. The first-order valence-electron chi connectivity index (χ1n) is 7.35. The molecule has 0 aromatic carbocycles. The van der Waals surface area contributed by atoms with Crippen molar-refractivity contribution >= 4 is 23.1 Å². The number of nitrogens with zero attached hydrogens (tertiary/aromatic N) is 2. The molecule has 1 saturated carbocycles. The molecule has 4 heteroatoms. The normalized spacial score (nSPS) is 22.7. The van der Waals surface area contributed by atoms with Crippen LogP contribution in [0.5, 0.6) is 0 Å². The fourth-order valence-corrected chi connectivity index (χ4v) is 3.87. The zero-order valence-electron chi connectivity index (χ0n) is 11.4. The van der Waals surface area contributed by atoms with Crippen molar-refractivity contribution in [3.8, 4) is 0 Å². The maximum atomic E-state index is 6.03. The van der Waals surface area contributed by atoms with E-state index in [0.717, 1.165) is 18.9 Å². The zero-order valence-corrected chi connectivity index (χ0v) is 12.1. The highest BCUT2D eigenvalue weighted by Gasteiger charge is 2.36. The Kier molecular flexibility index (Phi) is 3.57. The third kappa shape index (κ3) is 2.66. The van der Waals surface area contributed by atoms with E-state index in [1.807, 2.05) is 0 Å². The molecule has 1 saturated heterocycles. The highest BCUT2D eigenvalue weighted by atomic mass is 35.5. The molecular formula is C15H22ClN3. The summed E-state index contributed by atoms with van der Waals surface area (Å²) in [4.78, 5) is 6.73. The SMILES string of the molecule is Nc1cc(Cl)cnc1N1CCC2(CCCCC2)CC1. The zero-order chi connectivity index (χ0) is 13.3. The van der Waals surface area contributed by atoms with Crippen molar-refractivity contribution in [3.63, 3.8) is 0 Å². The summed E-state index contributed by atoms with van der Waals surface area (Å²) in [6.07, 6.45) is 11.4. The van der Waals surface area contributed by atoms with Gasteiger partial charge in [-0.25, -0.2) is 4.98 Å². The number of rotatable bonds is 1. The molecule has 1 aromatic heterocycles. The van der Waals surface area contributed by atoms with Gasteiger partial charge in [0.15, 0.2) is 5.82 Å². The minimum absolute atomic E-state index is 0.613. The Morgan fingerprint density at radius 3 is 2.42 bits per heavy atom. The number of aromatic nitrogens is 1. The monoisotopic (exact) mass is 279 g/mol. The van der Waals surface area contributed by atoms with E-state index in [1.54, 1.807) is 12.3 Å². The fraction of sp³-hybridized carbons (Fsp3) is 0.667. The molecule has 3 rings (SSSR count). The van der Waals surface area contributed by atoms with E-state index in [-0.39, 0.29) is 0 Å². The molecule has 0 amide bonds. The predicted octanol–water partition coefficient (Wildman–Crippen LogP) is 3.87. The molecule has 0 radical (unpaired) electrons. The highest BCUT2D eigenvalue weighted by Crippen LogP contribution is 2.45. The highest BCUT2D eigenvalue weighted by molar-refractivity contribution is 6.30. The molecule has 19 heavy (non-hydrogen) atoms. The van der Waals surface area contributed by atoms with Crippen LogP contribution in [0.15, 0.2) is 12.3 Å². The second-order valence-corrected chi connectivity index (χ2v) is 6.55. The molecule has 104 valence electrons. The summed E-state index contributed by atoms with van der Waals surface area (Å²) in [6.45, 7) is 2.16. The average Bonchev–Trinajstić information content (AvgIpc) is 2.41. The lowest BCUT2D eigenvalue weighted by Crippen LogP contribution is -2.41. The van der Waals surface area contributed by atoms with Crippen LogP contribution in [0, 0.1) is 5.41 Å². The molecule has 2 fully saturated rings. The molecule has 1 aliphatic carbocycles. The van der Waals surface area contributed by atoms with Gasteiger partial charge in [0.25, 0.3) is 0 Å². The number of piperidine rings is 1. The molecule has 1 spiro atoms. The van der Waals surface area contributed by atoms with Crippen LogP contribution in [0.4, 0.5) is 11.5 Å². The fourth-order valence-electron chi connectivity index (χ4n) is 3.71. The summed E-state index contributed by atoms with van der Waals surface area (Å²) >= 11 is 5.91. The van der Waals surface area contributed by atoms with E-state index in [1.165, 1.54) is 44.9 Å². The van der Waals surface area contributed by atoms with Crippen molar-refractivity contribution < 1.29 is 0 Å². The van der Waals surface area contributed by atoms with E-state index in [9.17, 15) is 0 Å². The Labute approximate surface area is 120 Å². The van der Waals surface area contributed by atoms with Crippen LogP contribution in [0.25, 0.3) is 0 Å².